The smallest absolute Gasteiger partial charge is 0.351 e. The molecule has 0 radical (unpaired) electrons. The number of benzene rings is 1. The number of carbonyl (C=O) groups excluding carboxylic acids is 2. The van der Waals surface area contributed by atoms with Crippen molar-refractivity contribution >= 4 is 17.6 Å². The van der Waals surface area contributed by atoms with E-state index >= 15 is 0 Å². The topological polar surface area (TPSA) is 78.4 Å². The van der Waals surface area contributed by atoms with Gasteiger partial charge in [0.2, 0.25) is 0 Å². The molecule has 1 aliphatic heterocycles. The van der Waals surface area contributed by atoms with Gasteiger partial charge in [0, 0.05) is 19.6 Å². The molecular formula is C22H26F3N5O2. The van der Waals surface area contributed by atoms with E-state index in [4.69, 9.17) is 0 Å². The zero-order chi connectivity index (χ0) is 23.1. The van der Waals surface area contributed by atoms with E-state index in [2.05, 4.69) is 22.4 Å². The number of amides is 2. The van der Waals surface area contributed by atoms with E-state index in [-0.39, 0.29) is 23.8 Å². The molecule has 2 aromatic rings. The molecule has 1 fully saturated rings. The molecule has 172 valence electrons. The summed E-state index contributed by atoms with van der Waals surface area (Å²) in [6.07, 6.45) is -1.06. The molecule has 2 heterocycles. The van der Waals surface area contributed by atoms with Crippen molar-refractivity contribution in [3.8, 4) is 0 Å². The van der Waals surface area contributed by atoms with Gasteiger partial charge < -0.3 is 15.1 Å². The minimum atomic E-state index is -4.61. The van der Waals surface area contributed by atoms with Gasteiger partial charge in [-0.15, -0.1) is 10.2 Å². The summed E-state index contributed by atoms with van der Waals surface area (Å²) in [5, 5.41) is 10.9. The van der Waals surface area contributed by atoms with Crippen LogP contribution < -0.4 is 10.2 Å². The fraction of sp³-hybridized carbons (Fsp3) is 0.455. The minimum Gasteiger partial charge on any atom is -0.351 e. The van der Waals surface area contributed by atoms with Crippen LogP contribution in [-0.4, -0.2) is 53.2 Å². The van der Waals surface area contributed by atoms with Crippen LogP contribution in [0.2, 0.25) is 0 Å². The van der Waals surface area contributed by atoms with Crippen LogP contribution in [-0.2, 0) is 6.18 Å². The summed E-state index contributed by atoms with van der Waals surface area (Å²) < 4.78 is 39.9. The molecule has 0 unspecified atom stereocenters. The third kappa shape index (κ3) is 5.74. The average Bonchev–Trinajstić information content (AvgIpc) is 2.81. The van der Waals surface area contributed by atoms with Crippen molar-refractivity contribution in [1.82, 2.24) is 20.4 Å². The molecule has 1 aromatic carbocycles. The third-order valence-corrected chi connectivity index (χ3v) is 5.22. The van der Waals surface area contributed by atoms with Gasteiger partial charge in [-0.1, -0.05) is 31.9 Å². The Hall–Kier alpha value is -3.17. The second kappa shape index (κ2) is 10.4. The van der Waals surface area contributed by atoms with Gasteiger partial charge in [-0.3, -0.25) is 9.59 Å². The first kappa shape index (κ1) is 23.5. The molecule has 7 nitrogen and oxygen atoms in total. The normalized spacial score (nSPS) is 14.4. The van der Waals surface area contributed by atoms with Crippen LogP contribution in [0.1, 0.15) is 59.0 Å². The van der Waals surface area contributed by atoms with Crippen LogP contribution in [0.5, 0.6) is 0 Å². The van der Waals surface area contributed by atoms with Gasteiger partial charge in [-0.05, 0) is 37.1 Å². The number of unbranched alkanes of at least 4 members (excludes halogenated alkanes) is 2. The highest BCUT2D eigenvalue weighted by molar-refractivity contribution is 5.96. The molecule has 1 aliphatic rings. The highest BCUT2D eigenvalue weighted by atomic mass is 19.4. The number of alkyl halides is 3. The van der Waals surface area contributed by atoms with Gasteiger partial charge in [-0.2, -0.15) is 13.2 Å². The molecule has 0 atom stereocenters. The van der Waals surface area contributed by atoms with Gasteiger partial charge in [0.05, 0.1) is 17.8 Å². The van der Waals surface area contributed by atoms with Gasteiger partial charge in [-0.25, -0.2) is 0 Å². The van der Waals surface area contributed by atoms with Crippen molar-refractivity contribution in [3.05, 3.63) is 53.2 Å². The van der Waals surface area contributed by atoms with Crippen molar-refractivity contribution in [2.45, 2.75) is 38.8 Å². The third-order valence-electron chi connectivity index (χ3n) is 5.22. The monoisotopic (exact) mass is 449 g/mol. The van der Waals surface area contributed by atoms with E-state index in [9.17, 15) is 22.8 Å². The number of anilines is 1. The van der Waals surface area contributed by atoms with Crippen LogP contribution >= 0.6 is 0 Å². The van der Waals surface area contributed by atoms with E-state index in [1.54, 1.807) is 17.0 Å². The second-order valence-corrected chi connectivity index (χ2v) is 7.61. The zero-order valence-electron chi connectivity index (χ0n) is 17.9. The van der Waals surface area contributed by atoms with Gasteiger partial charge >= 0.3 is 6.18 Å². The molecule has 10 heteroatoms. The molecule has 0 bridgehead atoms. The highest BCUT2D eigenvalue weighted by Gasteiger charge is 2.36. The summed E-state index contributed by atoms with van der Waals surface area (Å²) in [7, 11) is 0. The maximum atomic E-state index is 13.3. The Morgan fingerprint density at radius 2 is 1.84 bits per heavy atom. The Balaban J connectivity index is 1.66. The molecule has 32 heavy (non-hydrogen) atoms. The van der Waals surface area contributed by atoms with Crippen molar-refractivity contribution < 1.29 is 22.8 Å². The summed E-state index contributed by atoms with van der Waals surface area (Å²) in [5.74, 6) is -0.535. The standard InChI is InChI=1S/C22H26F3N5O2/c1-2-3-6-12-26-20(31)18-10-11-19(28-27-18)29-13-7-14-30(15-29)21(32)16-8-4-5-9-17(16)22(23,24)25/h4-5,8-11H,2-3,6-7,12-15H2,1H3,(H,26,31). The number of aromatic nitrogens is 2. The maximum Gasteiger partial charge on any atom is 0.417 e. The number of rotatable bonds is 7. The fourth-order valence-corrected chi connectivity index (χ4v) is 3.52. The Morgan fingerprint density at radius 1 is 1.06 bits per heavy atom. The summed E-state index contributed by atoms with van der Waals surface area (Å²) in [6, 6.07) is 7.97. The molecule has 2 amide bonds. The quantitative estimate of drug-likeness (QED) is 0.652. The Morgan fingerprint density at radius 3 is 2.53 bits per heavy atom. The SMILES string of the molecule is CCCCCNC(=O)c1ccc(N2CCCN(C(=O)c3ccccc3C(F)(F)F)C2)nn1. The van der Waals surface area contributed by atoms with E-state index in [0.29, 0.717) is 31.9 Å². The van der Waals surface area contributed by atoms with E-state index < -0.39 is 17.6 Å². The van der Waals surface area contributed by atoms with E-state index in [0.717, 1.165) is 25.3 Å². The number of nitrogens with zero attached hydrogens (tertiary/aromatic N) is 4. The van der Waals surface area contributed by atoms with E-state index in [1.807, 2.05) is 0 Å². The summed E-state index contributed by atoms with van der Waals surface area (Å²) in [6.45, 7) is 3.65. The number of carbonyl (C=O) groups is 2. The molecule has 0 aliphatic carbocycles. The predicted octanol–water partition coefficient (Wildman–Crippen LogP) is 3.73. The summed E-state index contributed by atoms with van der Waals surface area (Å²) >= 11 is 0. The molecule has 3 rings (SSSR count). The molecule has 0 saturated carbocycles. The van der Waals surface area contributed by atoms with E-state index in [1.165, 1.54) is 23.1 Å². The minimum absolute atomic E-state index is 0.0856. The fourth-order valence-electron chi connectivity index (χ4n) is 3.52. The molecule has 1 aromatic heterocycles. The second-order valence-electron chi connectivity index (χ2n) is 7.61. The predicted molar refractivity (Wildman–Crippen MR) is 113 cm³/mol. The highest BCUT2D eigenvalue weighted by Crippen LogP contribution is 2.32. The summed E-state index contributed by atoms with van der Waals surface area (Å²) in [5.41, 5.74) is -1.13. The number of hydrogen-bond acceptors (Lipinski definition) is 5. The van der Waals surface area contributed by atoms with Gasteiger partial charge in [0.25, 0.3) is 11.8 Å². The van der Waals surface area contributed by atoms with Gasteiger partial charge in [0.1, 0.15) is 0 Å². The van der Waals surface area contributed by atoms with Crippen LogP contribution in [0.15, 0.2) is 36.4 Å². The molecular weight excluding hydrogens is 423 g/mol. The number of hydrogen-bond donors (Lipinski definition) is 1. The van der Waals surface area contributed by atoms with Crippen molar-refractivity contribution in [2.24, 2.45) is 0 Å². The van der Waals surface area contributed by atoms with Crippen molar-refractivity contribution in [2.75, 3.05) is 31.2 Å². The molecule has 1 saturated heterocycles. The average molecular weight is 449 g/mol. The number of halogens is 3. The van der Waals surface area contributed by atoms with Crippen molar-refractivity contribution in [1.29, 1.82) is 0 Å². The van der Waals surface area contributed by atoms with Crippen LogP contribution in [0, 0.1) is 0 Å². The maximum absolute atomic E-state index is 13.3. The lowest BCUT2D eigenvalue weighted by Gasteiger charge is -2.36. The molecule has 0 spiro atoms. The Bertz CT molecular complexity index is 934. The van der Waals surface area contributed by atoms with Crippen LogP contribution in [0.3, 0.4) is 0 Å². The lowest BCUT2D eigenvalue weighted by atomic mass is 10.1. The first-order chi connectivity index (χ1) is 15.3. The first-order valence-electron chi connectivity index (χ1n) is 10.6. The summed E-state index contributed by atoms with van der Waals surface area (Å²) in [4.78, 5) is 28.1. The zero-order valence-corrected chi connectivity index (χ0v) is 17.9. The van der Waals surface area contributed by atoms with Crippen LogP contribution in [0.25, 0.3) is 0 Å². The largest absolute Gasteiger partial charge is 0.417 e. The first-order valence-corrected chi connectivity index (χ1v) is 10.6. The van der Waals surface area contributed by atoms with Crippen LogP contribution in [0.4, 0.5) is 19.0 Å². The lowest BCUT2D eigenvalue weighted by molar-refractivity contribution is -0.138. The number of nitrogens with one attached hydrogen (secondary N) is 1. The molecule has 1 N–H and O–H groups in total. The lowest BCUT2D eigenvalue weighted by Crippen LogP contribution is -2.48. The van der Waals surface area contributed by atoms with Gasteiger partial charge in [0.15, 0.2) is 11.5 Å². The Kier molecular flexibility index (Phi) is 7.66. The Labute approximate surface area is 184 Å². The van der Waals surface area contributed by atoms with Crippen molar-refractivity contribution in [3.63, 3.8) is 0 Å².